The van der Waals surface area contributed by atoms with Gasteiger partial charge in [0.2, 0.25) is 0 Å². The normalized spacial score (nSPS) is 13.7. The van der Waals surface area contributed by atoms with Crippen LogP contribution >= 0.6 is 0 Å². The Morgan fingerprint density at radius 3 is 2.14 bits per heavy atom. The zero-order valence-corrected chi connectivity index (χ0v) is 19.3. The van der Waals surface area contributed by atoms with Gasteiger partial charge in [-0.2, -0.15) is 5.10 Å². The largest absolute Gasteiger partial charge is 0.481 e. The third-order valence-corrected chi connectivity index (χ3v) is 6.50. The molecule has 2 N–H and O–H groups in total. The Morgan fingerprint density at radius 1 is 0.943 bits per heavy atom. The molecule has 1 aromatic heterocycles. The van der Waals surface area contributed by atoms with E-state index >= 15 is 0 Å². The van der Waals surface area contributed by atoms with Gasteiger partial charge in [-0.05, 0) is 40.7 Å². The molecule has 5 rings (SSSR count). The summed E-state index contributed by atoms with van der Waals surface area (Å²) < 4.78 is 6.95. The van der Waals surface area contributed by atoms with Crippen LogP contribution in [0.15, 0.2) is 85.1 Å². The summed E-state index contributed by atoms with van der Waals surface area (Å²) in [6, 6.07) is 25.2. The number of carbonyl (C=O) groups excluding carboxylic acids is 1. The minimum absolute atomic E-state index is 0.181. The highest BCUT2D eigenvalue weighted by atomic mass is 16.5. The van der Waals surface area contributed by atoms with Gasteiger partial charge in [0.15, 0.2) is 0 Å². The molecule has 0 aliphatic heterocycles. The predicted octanol–water partition coefficient (Wildman–Crippen LogP) is 5.62. The fourth-order valence-corrected chi connectivity index (χ4v) is 4.23. The van der Waals surface area contributed by atoms with Crippen molar-refractivity contribution in [2.75, 3.05) is 5.32 Å². The van der Waals surface area contributed by atoms with Crippen LogP contribution in [0, 0.1) is 0 Å². The van der Waals surface area contributed by atoms with Crippen molar-refractivity contribution < 1.29 is 19.4 Å². The number of hydrogen-bond donors (Lipinski definition) is 2. The third kappa shape index (κ3) is 4.53. The van der Waals surface area contributed by atoms with E-state index in [2.05, 4.69) is 10.4 Å². The number of aliphatic carboxylic acids is 1. The molecule has 1 aliphatic rings. The molecule has 1 aliphatic carbocycles. The van der Waals surface area contributed by atoms with Crippen LogP contribution in [0.5, 0.6) is 0 Å². The maximum Gasteiger partial charge on any atom is 0.413 e. The average Bonchev–Trinajstić information content (AvgIpc) is 3.63. The summed E-state index contributed by atoms with van der Waals surface area (Å²) in [6.07, 6.45) is 2.54. The third-order valence-electron chi connectivity index (χ3n) is 6.50. The second kappa shape index (κ2) is 9.10. The van der Waals surface area contributed by atoms with Gasteiger partial charge in [-0.1, -0.05) is 78.9 Å². The molecule has 3 aromatic carbocycles. The van der Waals surface area contributed by atoms with Crippen molar-refractivity contribution in [3.8, 4) is 22.3 Å². The lowest BCUT2D eigenvalue weighted by atomic mass is 9.93. The lowest BCUT2D eigenvalue weighted by Crippen LogP contribution is -2.19. The van der Waals surface area contributed by atoms with E-state index in [1.165, 1.54) is 0 Å². The van der Waals surface area contributed by atoms with E-state index in [0.29, 0.717) is 18.7 Å². The van der Waals surface area contributed by atoms with Crippen LogP contribution in [0.25, 0.3) is 22.3 Å². The Morgan fingerprint density at radius 2 is 1.54 bits per heavy atom. The minimum Gasteiger partial charge on any atom is -0.481 e. The van der Waals surface area contributed by atoms with E-state index in [4.69, 9.17) is 4.74 Å². The number of carboxylic acid groups (broad SMARTS) is 1. The van der Waals surface area contributed by atoms with Crippen LogP contribution in [0.2, 0.25) is 0 Å². The van der Waals surface area contributed by atoms with Gasteiger partial charge in [-0.3, -0.25) is 14.8 Å². The summed E-state index contributed by atoms with van der Waals surface area (Å²) in [5.74, 6) is -0.206. The SMILES string of the molecule is Cn1ncc(-c2ccc(-c3ccc(C4(C(=O)O)CC4)cc3)cc2)c1NC(=O)OCc1ccccc1. The van der Waals surface area contributed by atoms with Gasteiger partial charge < -0.3 is 9.84 Å². The van der Waals surface area contributed by atoms with E-state index < -0.39 is 17.5 Å². The number of aryl methyl sites for hydroxylation is 1. The Balaban J connectivity index is 1.29. The molecular formula is C28H25N3O4. The van der Waals surface area contributed by atoms with Crippen molar-refractivity contribution in [1.82, 2.24) is 9.78 Å². The molecule has 4 aromatic rings. The summed E-state index contributed by atoms with van der Waals surface area (Å²) in [5, 5.41) is 16.6. The molecule has 0 saturated heterocycles. The first-order valence-electron chi connectivity index (χ1n) is 11.4. The fraction of sp³-hybridized carbons (Fsp3) is 0.179. The standard InChI is InChI=1S/C28H25N3O4/c1-31-25(30-27(34)35-18-19-5-3-2-4-6-19)24(17-29-31)22-9-7-20(8-10-22)21-11-13-23(14-12-21)28(15-16-28)26(32)33/h2-14,17H,15-16,18H2,1H3,(H,30,34)(H,32,33). The van der Waals surface area contributed by atoms with Crippen LogP contribution in [0.3, 0.4) is 0 Å². The van der Waals surface area contributed by atoms with Crippen molar-refractivity contribution in [2.24, 2.45) is 7.05 Å². The molecule has 176 valence electrons. The van der Waals surface area contributed by atoms with Crippen molar-refractivity contribution in [3.63, 3.8) is 0 Å². The van der Waals surface area contributed by atoms with Gasteiger partial charge in [-0.25, -0.2) is 4.79 Å². The predicted molar refractivity (Wildman–Crippen MR) is 133 cm³/mol. The summed E-state index contributed by atoms with van der Waals surface area (Å²) in [7, 11) is 1.76. The molecule has 0 bridgehead atoms. The van der Waals surface area contributed by atoms with E-state index in [0.717, 1.165) is 33.4 Å². The van der Waals surface area contributed by atoms with Crippen molar-refractivity contribution >= 4 is 17.9 Å². The van der Waals surface area contributed by atoms with Crippen LogP contribution in [0.1, 0.15) is 24.0 Å². The molecule has 1 heterocycles. The van der Waals surface area contributed by atoms with Crippen molar-refractivity contribution in [3.05, 3.63) is 96.2 Å². The van der Waals surface area contributed by atoms with Crippen LogP contribution in [0.4, 0.5) is 10.6 Å². The van der Waals surface area contributed by atoms with Gasteiger partial charge in [0.1, 0.15) is 12.4 Å². The van der Waals surface area contributed by atoms with Crippen LogP contribution < -0.4 is 5.32 Å². The summed E-state index contributed by atoms with van der Waals surface area (Å²) in [5.41, 5.74) is 4.77. The number of aromatic nitrogens is 2. The highest BCUT2D eigenvalue weighted by molar-refractivity contribution is 5.90. The summed E-state index contributed by atoms with van der Waals surface area (Å²) in [6.45, 7) is 0.181. The van der Waals surface area contributed by atoms with Gasteiger partial charge in [0.05, 0.1) is 11.6 Å². The van der Waals surface area contributed by atoms with E-state index in [-0.39, 0.29) is 6.61 Å². The number of anilines is 1. The number of nitrogens with one attached hydrogen (secondary N) is 1. The molecule has 0 spiro atoms. The molecule has 7 heteroatoms. The molecule has 0 radical (unpaired) electrons. The quantitative estimate of drug-likeness (QED) is 0.368. The molecule has 1 saturated carbocycles. The Labute approximate surface area is 203 Å². The zero-order chi connectivity index (χ0) is 24.4. The first-order chi connectivity index (χ1) is 17.0. The number of rotatable bonds is 7. The smallest absolute Gasteiger partial charge is 0.413 e. The highest BCUT2D eigenvalue weighted by Crippen LogP contribution is 2.48. The number of carboxylic acids is 1. The monoisotopic (exact) mass is 467 g/mol. The maximum atomic E-state index is 12.4. The number of amides is 1. The van der Waals surface area contributed by atoms with Crippen molar-refractivity contribution in [1.29, 1.82) is 0 Å². The van der Waals surface area contributed by atoms with Gasteiger partial charge in [0.25, 0.3) is 0 Å². The first kappa shape index (κ1) is 22.4. The molecule has 0 unspecified atom stereocenters. The average molecular weight is 468 g/mol. The Bertz CT molecular complexity index is 1360. The van der Waals surface area contributed by atoms with Gasteiger partial charge in [0, 0.05) is 12.6 Å². The Hall–Kier alpha value is -4.39. The molecule has 0 atom stereocenters. The lowest BCUT2D eigenvalue weighted by Gasteiger charge is -2.12. The zero-order valence-electron chi connectivity index (χ0n) is 19.3. The lowest BCUT2D eigenvalue weighted by molar-refractivity contribution is -0.140. The summed E-state index contributed by atoms with van der Waals surface area (Å²) in [4.78, 5) is 24.0. The van der Waals surface area contributed by atoms with Crippen LogP contribution in [-0.2, 0) is 28.6 Å². The van der Waals surface area contributed by atoms with E-state index in [9.17, 15) is 14.7 Å². The highest BCUT2D eigenvalue weighted by Gasteiger charge is 2.51. The molecular weight excluding hydrogens is 442 g/mol. The number of benzene rings is 3. The summed E-state index contributed by atoms with van der Waals surface area (Å²) >= 11 is 0. The fourth-order valence-electron chi connectivity index (χ4n) is 4.23. The molecule has 1 fully saturated rings. The number of ether oxygens (including phenoxy) is 1. The van der Waals surface area contributed by atoms with E-state index in [1.54, 1.807) is 17.9 Å². The minimum atomic E-state index is -0.751. The topological polar surface area (TPSA) is 93.5 Å². The number of carbonyl (C=O) groups is 2. The van der Waals surface area contributed by atoms with E-state index in [1.807, 2.05) is 78.9 Å². The number of nitrogens with zero attached hydrogens (tertiary/aromatic N) is 2. The first-order valence-corrected chi connectivity index (χ1v) is 11.4. The maximum absolute atomic E-state index is 12.4. The van der Waals surface area contributed by atoms with Gasteiger partial charge in [-0.15, -0.1) is 0 Å². The molecule has 1 amide bonds. The second-order valence-electron chi connectivity index (χ2n) is 8.76. The number of hydrogen-bond acceptors (Lipinski definition) is 4. The molecule has 7 nitrogen and oxygen atoms in total. The second-order valence-corrected chi connectivity index (χ2v) is 8.76. The van der Waals surface area contributed by atoms with Crippen LogP contribution in [-0.4, -0.2) is 26.9 Å². The van der Waals surface area contributed by atoms with Gasteiger partial charge >= 0.3 is 12.1 Å². The Kier molecular flexibility index (Phi) is 5.82. The molecule has 35 heavy (non-hydrogen) atoms. The van der Waals surface area contributed by atoms with Crippen molar-refractivity contribution in [2.45, 2.75) is 24.9 Å².